The Bertz CT molecular complexity index is 1490. The first-order valence-electron chi connectivity index (χ1n) is 13.0. The van der Waals surface area contributed by atoms with Gasteiger partial charge in [-0.25, -0.2) is 0 Å². The second-order valence-corrected chi connectivity index (χ2v) is 11.8. The normalized spacial score (nSPS) is 25.4. The molecule has 16 heteroatoms. The minimum atomic E-state index is -4.67. The lowest BCUT2D eigenvalue weighted by molar-refractivity contribution is -0.148. The van der Waals surface area contributed by atoms with Crippen LogP contribution in [0.1, 0.15) is 42.1 Å². The Morgan fingerprint density at radius 1 is 1.14 bits per heavy atom. The van der Waals surface area contributed by atoms with Gasteiger partial charge in [0.05, 0.1) is 17.3 Å². The number of benzene rings is 1. The van der Waals surface area contributed by atoms with Crippen molar-refractivity contribution in [3.63, 3.8) is 0 Å². The van der Waals surface area contributed by atoms with E-state index in [-0.39, 0.29) is 29.7 Å². The highest BCUT2D eigenvalue weighted by atomic mass is 32.3. The molecule has 4 rings (SSSR count). The van der Waals surface area contributed by atoms with Crippen LogP contribution >= 0.6 is 0 Å². The summed E-state index contributed by atoms with van der Waals surface area (Å²) in [4.78, 5) is 42.7. The minimum absolute atomic E-state index is 0.0123. The fourth-order valence-corrected chi connectivity index (χ4v) is 6.18. The number of aliphatic hydroxyl groups excluding tert-OH is 2. The summed E-state index contributed by atoms with van der Waals surface area (Å²) in [5.74, 6) is -6.89. The average molecular weight is 613 g/mol. The van der Waals surface area contributed by atoms with Gasteiger partial charge in [-0.3, -0.25) is 28.4 Å². The molecule has 15 nitrogen and oxygen atoms in total. The van der Waals surface area contributed by atoms with Crippen LogP contribution in [0.25, 0.3) is 0 Å². The zero-order chi connectivity index (χ0) is 32.1. The first-order chi connectivity index (χ1) is 19.3. The van der Waals surface area contributed by atoms with Gasteiger partial charge in [-0.2, -0.15) is 8.42 Å². The maximum Gasteiger partial charge on any atom is 0.394 e. The van der Waals surface area contributed by atoms with E-state index >= 15 is 0 Å². The molecule has 0 saturated heterocycles. The van der Waals surface area contributed by atoms with Gasteiger partial charge in [0.15, 0.2) is 11.4 Å². The molecule has 0 fully saturated rings. The summed E-state index contributed by atoms with van der Waals surface area (Å²) in [6.07, 6.45) is 2.10. The van der Waals surface area contributed by atoms with Gasteiger partial charge >= 0.3 is 10.4 Å². The molecule has 0 saturated carbocycles. The lowest BCUT2D eigenvalue weighted by atomic mass is 9.58. The van der Waals surface area contributed by atoms with Crippen molar-refractivity contribution in [2.24, 2.45) is 17.6 Å². The Hall–Kier alpha value is -3.70. The average Bonchev–Trinajstić information content (AvgIpc) is 2.85. The number of Topliss-reactive ketones (excluding diaryl/α,β-unsaturated/α-hetero) is 2. The number of amides is 1. The first kappa shape index (κ1) is 32.8. The van der Waals surface area contributed by atoms with Crippen LogP contribution in [0.3, 0.4) is 0 Å². The third-order valence-electron chi connectivity index (χ3n) is 7.99. The van der Waals surface area contributed by atoms with E-state index in [0.717, 1.165) is 12.8 Å². The van der Waals surface area contributed by atoms with Crippen LogP contribution in [0.4, 0.5) is 11.4 Å². The molecule has 232 valence electrons. The summed E-state index contributed by atoms with van der Waals surface area (Å²) in [5, 5.41) is 44.6. The predicted molar refractivity (Wildman–Crippen MR) is 150 cm³/mol. The van der Waals surface area contributed by atoms with Gasteiger partial charge in [0.2, 0.25) is 5.78 Å². The van der Waals surface area contributed by atoms with Crippen molar-refractivity contribution < 1.29 is 52.3 Å². The van der Waals surface area contributed by atoms with Crippen LogP contribution in [0, 0.1) is 11.8 Å². The van der Waals surface area contributed by atoms with Crippen LogP contribution in [-0.4, -0.2) is 99.7 Å². The summed E-state index contributed by atoms with van der Waals surface area (Å²) in [6.45, 7) is 2.75. The number of carbonyl (C=O) groups is 3. The number of hydrogen-bond acceptors (Lipinski definition) is 12. The highest BCUT2D eigenvalue weighted by Crippen LogP contribution is 2.53. The van der Waals surface area contributed by atoms with E-state index in [0.29, 0.717) is 17.8 Å². The van der Waals surface area contributed by atoms with Crippen molar-refractivity contribution in [3.8, 4) is 5.75 Å². The maximum atomic E-state index is 13.8. The van der Waals surface area contributed by atoms with Crippen LogP contribution in [0.15, 0.2) is 28.7 Å². The zero-order valence-corrected chi connectivity index (χ0v) is 24.3. The molecule has 0 spiro atoms. The number of rotatable bonds is 6. The Balaban J connectivity index is 0.000000892. The Morgan fingerprint density at radius 3 is 2.21 bits per heavy atom. The SMILES string of the molecule is CCCCN(C)c1cc(N)c(O)c2c1CC1CC3[C@H](N(C)C)C(O)=C(C(N)=O)C(=O)[C@@]3(O)C(O)=C1C2=O.O=S(=O)(O)O. The number of ketones is 2. The van der Waals surface area contributed by atoms with Gasteiger partial charge in [-0.05, 0) is 50.9 Å². The summed E-state index contributed by atoms with van der Waals surface area (Å²) < 4.78 is 31.6. The molecule has 42 heavy (non-hydrogen) atoms. The molecular formula is C26H36N4O11S. The number of aromatic hydroxyl groups is 1. The number of carbonyl (C=O) groups excluding carboxylic acids is 3. The maximum absolute atomic E-state index is 13.8. The van der Waals surface area contributed by atoms with Gasteiger partial charge in [0, 0.05) is 30.8 Å². The molecule has 3 aliphatic rings. The monoisotopic (exact) mass is 612 g/mol. The van der Waals surface area contributed by atoms with Gasteiger partial charge in [-0.1, -0.05) is 13.3 Å². The number of likely N-dealkylation sites (N-methyl/N-ethyl adjacent to an activating group) is 1. The number of phenols is 1. The van der Waals surface area contributed by atoms with E-state index in [1.807, 2.05) is 11.9 Å². The van der Waals surface area contributed by atoms with E-state index in [2.05, 4.69) is 6.92 Å². The van der Waals surface area contributed by atoms with E-state index in [1.54, 1.807) is 20.2 Å². The smallest absolute Gasteiger partial charge is 0.394 e. The molecule has 1 aromatic rings. The van der Waals surface area contributed by atoms with Crippen LogP contribution in [0.2, 0.25) is 0 Å². The van der Waals surface area contributed by atoms with E-state index in [9.17, 15) is 34.8 Å². The highest BCUT2D eigenvalue weighted by Gasteiger charge is 2.63. The van der Waals surface area contributed by atoms with Gasteiger partial charge in [0.1, 0.15) is 22.8 Å². The largest absolute Gasteiger partial charge is 0.510 e. The number of aliphatic hydroxyl groups is 3. The van der Waals surface area contributed by atoms with Gasteiger partial charge in [-0.15, -0.1) is 0 Å². The summed E-state index contributed by atoms with van der Waals surface area (Å²) in [7, 11) is 0.384. The number of allylic oxidation sites excluding steroid dienone is 1. The lowest BCUT2D eigenvalue weighted by Gasteiger charge is -2.50. The third-order valence-corrected chi connectivity index (χ3v) is 7.99. The molecule has 0 aromatic heterocycles. The Kier molecular flexibility index (Phi) is 9.00. The minimum Gasteiger partial charge on any atom is -0.510 e. The number of nitrogens with two attached hydrogens (primary N) is 2. The molecule has 1 amide bonds. The summed E-state index contributed by atoms with van der Waals surface area (Å²) >= 11 is 0. The van der Waals surface area contributed by atoms with E-state index in [4.69, 9.17) is 29.0 Å². The van der Waals surface area contributed by atoms with Crippen LogP contribution < -0.4 is 16.4 Å². The van der Waals surface area contributed by atoms with E-state index in [1.165, 1.54) is 4.90 Å². The number of phenolic OH excluding ortho intramolecular Hbond substituents is 1. The zero-order valence-electron chi connectivity index (χ0n) is 23.5. The number of nitrogen functional groups attached to an aromatic ring is 1. The predicted octanol–water partition coefficient (Wildman–Crippen LogP) is 0.286. The quantitative estimate of drug-likeness (QED) is 0.0929. The number of unbranched alkanes of at least 4 members (excludes halogenated alkanes) is 1. The Morgan fingerprint density at radius 2 is 1.71 bits per heavy atom. The van der Waals surface area contributed by atoms with Crippen molar-refractivity contribution in [2.45, 2.75) is 44.2 Å². The highest BCUT2D eigenvalue weighted by molar-refractivity contribution is 7.79. The number of nitrogens with zero attached hydrogens (tertiary/aromatic N) is 2. The van der Waals surface area contributed by atoms with Crippen molar-refractivity contribution in [2.75, 3.05) is 38.3 Å². The van der Waals surface area contributed by atoms with Crippen LogP contribution in [-0.2, 0) is 26.4 Å². The standard InChI is InChI=1S/C26H34N4O7.H2O4S/c1-5-6-7-30(4)15-10-14(27)20(31)17-12(15)8-11-9-13-19(29(2)3)22(33)18(25(28)36)24(35)26(13,37)23(34)16(11)21(17)32;1-5(2,3)4/h10-11,13,19,31,33-34,37H,5-9,27H2,1-4H3,(H2,28,36);(H2,1,2,3,4)/t11?,13?,19-,26-;/m0./s1. The van der Waals surface area contributed by atoms with Crippen molar-refractivity contribution in [1.29, 1.82) is 0 Å². The fraction of sp³-hybridized carbons (Fsp3) is 0.500. The molecule has 2 unspecified atom stereocenters. The lowest BCUT2D eigenvalue weighted by Crippen LogP contribution is -2.63. The van der Waals surface area contributed by atoms with E-state index < -0.39 is 74.2 Å². The number of anilines is 2. The molecule has 4 atom stereocenters. The molecular weight excluding hydrogens is 576 g/mol. The molecule has 10 N–H and O–H groups in total. The second-order valence-electron chi connectivity index (χ2n) is 10.9. The fourth-order valence-electron chi connectivity index (χ4n) is 6.18. The van der Waals surface area contributed by atoms with Crippen molar-refractivity contribution >= 4 is 39.2 Å². The van der Waals surface area contributed by atoms with Crippen LogP contribution in [0.5, 0.6) is 5.75 Å². The second kappa shape index (κ2) is 11.5. The Labute approximate surface area is 242 Å². The molecule has 1 aromatic carbocycles. The third kappa shape index (κ3) is 5.55. The molecule has 0 bridgehead atoms. The van der Waals surface area contributed by atoms with Crippen molar-refractivity contribution in [3.05, 3.63) is 39.9 Å². The molecule has 0 aliphatic heterocycles. The topological polar surface area (TPSA) is 265 Å². The summed E-state index contributed by atoms with van der Waals surface area (Å²) in [6, 6.07) is 0.586. The van der Waals surface area contributed by atoms with Gasteiger partial charge in [0.25, 0.3) is 5.91 Å². The number of primary amides is 1. The molecule has 0 heterocycles. The molecule has 3 aliphatic carbocycles. The van der Waals surface area contributed by atoms with Crippen molar-refractivity contribution in [1.82, 2.24) is 4.90 Å². The molecule has 0 radical (unpaired) electrons. The van der Waals surface area contributed by atoms with Gasteiger partial charge < -0.3 is 36.8 Å². The number of fused-ring (bicyclic) bond motifs is 3. The summed E-state index contributed by atoms with van der Waals surface area (Å²) in [5.41, 5.74) is 8.83. The first-order valence-corrected chi connectivity index (χ1v) is 14.4. The number of hydrogen-bond donors (Lipinski definition) is 8.